The third-order valence-electron chi connectivity index (χ3n) is 2.80. The molecule has 2 unspecified atom stereocenters. The van der Waals surface area contributed by atoms with Gasteiger partial charge in [-0.05, 0) is 12.3 Å². The molecule has 0 heterocycles. The maximum Gasteiger partial charge on any atom is 0.415 e. The lowest BCUT2D eigenvalue weighted by Crippen LogP contribution is -2.35. The molecule has 0 fully saturated rings. The highest BCUT2D eigenvalue weighted by atomic mass is 19.4. The topological polar surface area (TPSA) is 46.5 Å². The van der Waals surface area contributed by atoms with Crippen molar-refractivity contribution in [2.75, 3.05) is 6.61 Å². The van der Waals surface area contributed by atoms with E-state index in [2.05, 4.69) is 0 Å². The molecule has 0 aliphatic rings. The molecule has 1 N–H and O–H groups in total. The number of carbonyl (C=O) groups is 1. The van der Waals surface area contributed by atoms with Crippen LogP contribution in [0, 0.1) is 5.92 Å². The summed E-state index contributed by atoms with van der Waals surface area (Å²) in [6.07, 6.45) is -4.39. The molecule has 0 saturated heterocycles. The first-order valence-corrected chi connectivity index (χ1v) is 6.21. The molecule has 18 heavy (non-hydrogen) atoms. The van der Waals surface area contributed by atoms with Crippen LogP contribution >= 0.6 is 0 Å². The number of aliphatic carboxylic acids is 1. The fourth-order valence-electron chi connectivity index (χ4n) is 1.58. The van der Waals surface area contributed by atoms with Gasteiger partial charge in [-0.15, -0.1) is 0 Å². The number of hydrogen-bond acceptors (Lipinski definition) is 2. The predicted octanol–water partition coefficient (Wildman–Crippen LogP) is 3.63. The van der Waals surface area contributed by atoms with Crippen LogP contribution in [-0.4, -0.2) is 30.0 Å². The first kappa shape index (κ1) is 17.2. The number of rotatable bonds is 9. The van der Waals surface area contributed by atoms with Gasteiger partial charge in [0.05, 0.1) is 13.0 Å². The zero-order chi connectivity index (χ0) is 14.2. The molecule has 108 valence electrons. The number of alkyl halides is 3. The van der Waals surface area contributed by atoms with Crippen molar-refractivity contribution in [1.82, 2.24) is 0 Å². The zero-order valence-corrected chi connectivity index (χ0v) is 10.8. The van der Waals surface area contributed by atoms with Gasteiger partial charge in [0, 0.05) is 0 Å². The Morgan fingerprint density at radius 1 is 1.33 bits per heavy atom. The second kappa shape index (κ2) is 8.34. The van der Waals surface area contributed by atoms with Crippen LogP contribution in [0.2, 0.25) is 0 Å². The van der Waals surface area contributed by atoms with Gasteiger partial charge in [-0.2, -0.15) is 13.2 Å². The summed E-state index contributed by atoms with van der Waals surface area (Å²) in [5.74, 6) is -1.44. The van der Waals surface area contributed by atoms with E-state index in [1.165, 1.54) is 0 Å². The van der Waals surface area contributed by atoms with E-state index in [4.69, 9.17) is 9.84 Å². The first-order valence-electron chi connectivity index (χ1n) is 6.21. The van der Waals surface area contributed by atoms with Gasteiger partial charge in [-0.1, -0.05) is 33.1 Å². The highest BCUT2D eigenvalue weighted by Gasteiger charge is 2.42. The highest BCUT2D eigenvalue weighted by Crippen LogP contribution is 2.26. The Morgan fingerprint density at radius 2 is 1.94 bits per heavy atom. The lowest BCUT2D eigenvalue weighted by molar-refractivity contribution is -0.227. The fourth-order valence-corrected chi connectivity index (χ4v) is 1.58. The molecule has 0 aliphatic heterocycles. The minimum atomic E-state index is -4.62. The number of unbranched alkanes of at least 4 members (excludes halogenated alkanes) is 1. The van der Waals surface area contributed by atoms with Crippen molar-refractivity contribution < 1.29 is 27.8 Å². The average molecular weight is 270 g/mol. The first-order chi connectivity index (χ1) is 8.31. The summed E-state index contributed by atoms with van der Waals surface area (Å²) < 4.78 is 42.3. The van der Waals surface area contributed by atoms with E-state index in [1.807, 2.05) is 13.8 Å². The molecule has 0 aliphatic carbocycles. The molecule has 0 rings (SSSR count). The summed E-state index contributed by atoms with van der Waals surface area (Å²) >= 11 is 0. The number of hydrogen-bond donors (Lipinski definition) is 1. The van der Waals surface area contributed by atoms with E-state index >= 15 is 0 Å². The summed E-state index contributed by atoms with van der Waals surface area (Å²) in [6, 6.07) is 0. The van der Waals surface area contributed by atoms with E-state index in [-0.39, 0.29) is 12.5 Å². The fraction of sp³-hybridized carbons (Fsp3) is 0.917. The number of ether oxygens (including phenoxy) is 1. The highest BCUT2D eigenvalue weighted by molar-refractivity contribution is 5.67. The van der Waals surface area contributed by atoms with Crippen LogP contribution < -0.4 is 0 Å². The van der Waals surface area contributed by atoms with Crippen LogP contribution in [0.4, 0.5) is 13.2 Å². The summed E-state index contributed by atoms with van der Waals surface area (Å²) in [5, 5.41) is 8.43. The molecule has 6 heteroatoms. The van der Waals surface area contributed by atoms with Crippen molar-refractivity contribution in [2.45, 2.75) is 58.2 Å². The Hall–Kier alpha value is -0.780. The number of halogens is 3. The maximum absolute atomic E-state index is 12.5. The number of carboxylic acid groups (broad SMARTS) is 1. The molecule has 0 amide bonds. The van der Waals surface area contributed by atoms with Crippen LogP contribution in [0.5, 0.6) is 0 Å². The summed E-state index contributed by atoms with van der Waals surface area (Å²) in [7, 11) is 0. The van der Waals surface area contributed by atoms with Crippen molar-refractivity contribution in [2.24, 2.45) is 5.92 Å². The lowest BCUT2D eigenvalue weighted by Gasteiger charge is -2.22. The molecule has 0 aromatic rings. The van der Waals surface area contributed by atoms with E-state index in [9.17, 15) is 18.0 Å². The lowest BCUT2D eigenvalue weighted by atomic mass is 10.0. The molecule has 0 radical (unpaired) electrons. The monoisotopic (exact) mass is 270 g/mol. The normalized spacial score (nSPS) is 15.4. The van der Waals surface area contributed by atoms with Crippen molar-refractivity contribution >= 4 is 5.97 Å². The summed E-state index contributed by atoms with van der Waals surface area (Å²) in [5.41, 5.74) is 0. The van der Waals surface area contributed by atoms with Gasteiger partial charge >= 0.3 is 12.1 Å². The SMILES string of the molecule is CCCCC(CC)COC(CC(=O)O)C(F)(F)F. The molecule has 0 aromatic carbocycles. The summed E-state index contributed by atoms with van der Waals surface area (Å²) in [6.45, 7) is 3.87. The van der Waals surface area contributed by atoms with Crippen LogP contribution in [0.3, 0.4) is 0 Å². The van der Waals surface area contributed by atoms with Gasteiger partial charge in [0.1, 0.15) is 0 Å². The van der Waals surface area contributed by atoms with Crippen molar-refractivity contribution in [3.05, 3.63) is 0 Å². The van der Waals surface area contributed by atoms with Gasteiger partial charge in [-0.3, -0.25) is 4.79 Å². The predicted molar refractivity (Wildman–Crippen MR) is 61.4 cm³/mol. The molecule has 0 saturated carbocycles. The molecule has 2 atom stereocenters. The van der Waals surface area contributed by atoms with E-state index < -0.39 is 24.7 Å². The Labute approximate surface area is 105 Å². The average Bonchev–Trinajstić information content (AvgIpc) is 2.25. The van der Waals surface area contributed by atoms with Crippen LogP contribution in [-0.2, 0) is 9.53 Å². The minimum absolute atomic E-state index is 0.0338. The minimum Gasteiger partial charge on any atom is -0.481 e. The van der Waals surface area contributed by atoms with E-state index in [0.717, 1.165) is 25.7 Å². The van der Waals surface area contributed by atoms with Crippen LogP contribution in [0.1, 0.15) is 46.0 Å². The Morgan fingerprint density at radius 3 is 2.33 bits per heavy atom. The van der Waals surface area contributed by atoms with Gasteiger partial charge in [-0.25, -0.2) is 0 Å². The summed E-state index contributed by atoms with van der Waals surface area (Å²) in [4.78, 5) is 10.4. The third kappa shape index (κ3) is 7.53. The van der Waals surface area contributed by atoms with Crippen molar-refractivity contribution in [3.8, 4) is 0 Å². The smallest absolute Gasteiger partial charge is 0.415 e. The van der Waals surface area contributed by atoms with Gasteiger partial charge < -0.3 is 9.84 Å². The van der Waals surface area contributed by atoms with Gasteiger partial charge in [0.25, 0.3) is 0 Å². The number of carboxylic acids is 1. The van der Waals surface area contributed by atoms with E-state index in [1.54, 1.807) is 0 Å². The largest absolute Gasteiger partial charge is 0.481 e. The Balaban J connectivity index is 4.27. The molecule has 0 aromatic heterocycles. The van der Waals surface area contributed by atoms with Crippen molar-refractivity contribution in [1.29, 1.82) is 0 Å². The quantitative estimate of drug-likeness (QED) is 0.696. The second-order valence-electron chi connectivity index (χ2n) is 4.38. The Bertz CT molecular complexity index is 241. The van der Waals surface area contributed by atoms with Crippen LogP contribution in [0.15, 0.2) is 0 Å². The second-order valence-corrected chi connectivity index (χ2v) is 4.38. The standard InChI is InChI=1S/C12H21F3O3/c1-3-5-6-9(4-2)8-18-10(7-11(16)17)12(13,14)15/h9-10H,3-8H2,1-2H3,(H,16,17). The van der Waals surface area contributed by atoms with Crippen LogP contribution in [0.25, 0.3) is 0 Å². The van der Waals surface area contributed by atoms with Crippen molar-refractivity contribution in [3.63, 3.8) is 0 Å². The molecular formula is C12H21F3O3. The molecular weight excluding hydrogens is 249 g/mol. The zero-order valence-electron chi connectivity index (χ0n) is 10.8. The van der Waals surface area contributed by atoms with E-state index in [0.29, 0.717) is 0 Å². The van der Waals surface area contributed by atoms with Gasteiger partial charge in [0.15, 0.2) is 6.10 Å². The Kier molecular flexibility index (Phi) is 7.98. The molecule has 0 spiro atoms. The molecule has 3 nitrogen and oxygen atoms in total. The maximum atomic E-state index is 12.5. The molecule has 0 bridgehead atoms. The third-order valence-corrected chi connectivity index (χ3v) is 2.80. The van der Waals surface area contributed by atoms with Gasteiger partial charge in [0.2, 0.25) is 0 Å².